The number of hydrogen-bond acceptors (Lipinski definition) is 5. The van der Waals surface area contributed by atoms with Gasteiger partial charge in [-0.1, -0.05) is 29.3 Å². The van der Waals surface area contributed by atoms with Crippen molar-refractivity contribution in [3.8, 4) is 5.75 Å². The lowest BCUT2D eigenvalue weighted by molar-refractivity contribution is 0.161. The van der Waals surface area contributed by atoms with E-state index in [-0.39, 0.29) is 16.4 Å². The van der Waals surface area contributed by atoms with E-state index in [0.29, 0.717) is 45.4 Å². The van der Waals surface area contributed by atoms with Crippen LogP contribution in [0.2, 0.25) is 0 Å². The summed E-state index contributed by atoms with van der Waals surface area (Å²) in [6.07, 6.45) is 5.27. The second kappa shape index (κ2) is 6.37. The average molecular weight is 430 g/mol. The maximum Gasteiger partial charge on any atom is 0.344 e. The Morgan fingerprint density at radius 2 is 1.93 bits per heavy atom. The molecule has 1 aliphatic rings. The summed E-state index contributed by atoms with van der Waals surface area (Å²) in [6, 6.07) is 4.18. The number of ether oxygens (including phenoxy) is 1. The Hall–Kier alpha value is -2.34. The molecule has 5 nitrogen and oxygen atoms in total. The molecule has 0 fully saturated rings. The zero-order valence-corrected chi connectivity index (χ0v) is 16.9. The van der Waals surface area contributed by atoms with Crippen molar-refractivity contribution in [2.24, 2.45) is 0 Å². The Balaban J connectivity index is 2.29. The third-order valence-electron chi connectivity index (χ3n) is 4.57. The summed E-state index contributed by atoms with van der Waals surface area (Å²) in [4.78, 5) is 25.0. The summed E-state index contributed by atoms with van der Waals surface area (Å²) in [5, 5.41) is 1.27. The molecule has 0 aliphatic carbocycles. The van der Waals surface area contributed by atoms with E-state index in [2.05, 4.69) is 22.0 Å². The van der Waals surface area contributed by atoms with Crippen molar-refractivity contribution in [2.75, 3.05) is 0 Å². The maximum absolute atomic E-state index is 12.8. The molecule has 2 aromatic heterocycles. The van der Waals surface area contributed by atoms with Gasteiger partial charge < -0.3 is 13.6 Å². The molecule has 1 aromatic carbocycles. The van der Waals surface area contributed by atoms with E-state index in [0.717, 1.165) is 6.42 Å². The molecule has 4 rings (SSSR count). The molecule has 1 radical (unpaired) electrons. The van der Waals surface area contributed by atoms with Gasteiger partial charge in [0.1, 0.15) is 22.5 Å². The van der Waals surface area contributed by atoms with Crippen LogP contribution in [0.25, 0.3) is 28.0 Å². The smallest absolute Gasteiger partial charge is 0.344 e. The van der Waals surface area contributed by atoms with Crippen molar-refractivity contribution < 1.29 is 13.6 Å². The third-order valence-corrected chi connectivity index (χ3v) is 5.12. The van der Waals surface area contributed by atoms with Crippen molar-refractivity contribution >= 4 is 43.9 Å². The summed E-state index contributed by atoms with van der Waals surface area (Å²) in [7, 11) is 0. The Labute approximate surface area is 163 Å². The van der Waals surface area contributed by atoms with Gasteiger partial charge in [-0.15, -0.1) is 0 Å². The molecule has 0 unspecified atom stereocenters. The zero-order valence-electron chi connectivity index (χ0n) is 15.3. The number of alkyl halides is 1. The fourth-order valence-electron chi connectivity index (χ4n) is 3.43. The number of aryl methyl sites for hydroxylation is 1. The lowest BCUT2D eigenvalue weighted by atomic mass is 9.94. The molecule has 139 valence electrons. The minimum Gasteiger partial charge on any atom is -0.482 e. The van der Waals surface area contributed by atoms with Gasteiger partial charge in [-0.3, -0.25) is 4.79 Å². The predicted octanol–water partition coefficient (Wildman–Crippen LogP) is 4.73. The van der Waals surface area contributed by atoms with Crippen molar-refractivity contribution in [3.05, 3.63) is 55.7 Å². The highest BCUT2D eigenvalue weighted by Crippen LogP contribution is 2.43. The van der Waals surface area contributed by atoms with Gasteiger partial charge in [-0.2, -0.15) is 0 Å². The molecule has 6 heteroatoms. The van der Waals surface area contributed by atoms with Gasteiger partial charge in [0.25, 0.3) is 0 Å². The molecule has 0 bridgehead atoms. The molecule has 1 aliphatic heterocycles. The van der Waals surface area contributed by atoms with Crippen LogP contribution in [0, 0.1) is 6.07 Å². The summed E-state index contributed by atoms with van der Waals surface area (Å²) in [6.45, 7) is 5.90. The third kappa shape index (κ3) is 2.92. The number of hydrogen-bond donors (Lipinski definition) is 0. The molecule has 3 heterocycles. The Morgan fingerprint density at radius 3 is 2.63 bits per heavy atom. The van der Waals surface area contributed by atoms with Crippen LogP contribution in [0.15, 0.2) is 30.6 Å². The van der Waals surface area contributed by atoms with Gasteiger partial charge in [-0.25, -0.2) is 4.79 Å². The van der Waals surface area contributed by atoms with Crippen LogP contribution >= 0.6 is 15.9 Å². The van der Waals surface area contributed by atoms with Gasteiger partial charge >= 0.3 is 5.63 Å². The summed E-state index contributed by atoms with van der Waals surface area (Å²) < 4.78 is 17.7. The molecule has 0 amide bonds. The lowest BCUT2D eigenvalue weighted by Gasteiger charge is -2.29. The first-order chi connectivity index (χ1) is 12.8. The quantitative estimate of drug-likeness (QED) is 0.341. The van der Waals surface area contributed by atoms with Gasteiger partial charge in [0.05, 0.1) is 22.3 Å². The first-order valence-corrected chi connectivity index (χ1v) is 9.92. The molecule has 0 N–H and O–H groups in total. The maximum atomic E-state index is 12.8. The van der Waals surface area contributed by atoms with Crippen LogP contribution in [-0.2, 0) is 11.8 Å². The van der Waals surface area contributed by atoms with E-state index in [9.17, 15) is 9.59 Å². The minimum atomic E-state index is -0.609. The van der Waals surface area contributed by atoms with Gasteiger partial charge in [0, 0.05) is 6.07 Å². The zero-order chi connectivity index (χ0) is 19.3. The monoisotopic (exact) mass is 429 g/mol. The van der Waals surface area contributed by atoms with Gasteiger partial charge in [0.15, 0.2) is 16.6 Å². The summed E-state index contributed by atoms with van der Waals surface area (Å²) in [5.74, 6) is 1.05. The van der Waals surface area contributed by atoms with Crippen LogP contribution in [0.5, 0.6) is 5.75 Å². The van der Waals surface area contributed by atoms with E-state index >= 15 is 0 Å². The van der Waals surface area contributed by atoms with E-state index in [1.165, 1.54) is 6.07 Å². The van der Waals surface area contributed by atoms with Crippen LogP contribution in [-0.4, -0.2) is 5.60 Å². The molecule has 27 heavy (non-hydrogen) atoms. The van der Waals surface area contributed by atoms with Gasteiger partial charge in [0.2, 0.25) is 0 Å². The number of benzene rings is 1. The number of halogens is 1. The SMILES string of the molecule is CCCc1[c]c(=O)oc2c1c1c(c3oc(CBr)cc(=O)c32)C=CC(C)(C)O1. The van der Waals surface area contributed by atoms with Crippen LogP contribution < -0.4 is 15.8 Å². The average Bonchev–Trinajstić information content (AvgIpc) is 2.60. The highest BCUT2D eigenvalue weighted by atomic mass is 79.9. The first-order valence-electron chi connectivity index (χ1n) is 8.80. The van der Waals surface area contributed by atoms with Crippen LogP contribution in [0.1, 0.15) is 44.1 Å². The summed E-state index contributed by atoms with van der Waals surface area (Å²) >= 11 is 3.32. The molecule has 0 spiro atoms. The van der Waals surface area contributed by atoms with E-state index in [4.69, 9.17) is 13.6 Å². The normalized spacial score (nSPS) is 15.1. The topological polar surface area (TPSA) is 69.7 Å². The Morgan fingerprint density at radius 1 is 1.15 bits per heavy atom. The van der Waals surface area contributed by atoms with E-state index < -0.39 is 11.2 Å². The summed E-state index contributed by atoms with van der Waals surface area (Å²) in [5.41, 5.74) is 0.532. The highest BCUT2D eigenvalue weighted by Gasteiger charge is 2.30. The predicted molar refractivity (Wildman–Crippen MR) is 108 cm³/mol. The second-order valence-corrected chi connectivity index (χ2v) is 7.70. The molecular weight excluding hydrogens is 412 g/mol. The second-order valence-electron chi connectivity index (χ2n) is 7.14. The minimum absolute atomic E-state index is 0.205. The van der Waals surface area contributed by atoms with Crippen LogP contribution in [0.4, 0.5) is 0 Å². The Kier molecular flexibility index (Phi) is 4.26. The fraction of sp³-hybridized carbons (Fsp3) is 0.333. The largest absolute Gasteiger partial charge is 0.482 e. The number of fused-ring (bicyclic) bond motifs is 6. The lowest BCUT2D eigenvalue weighted by Crippen LogP contribution is -2.28. The molecule has 0 saturated heterocycles. The van der Waals surface area contributed by atoms with Crippen LogP contribution in [0.3, 0.4) is 0 Å². The van der Waals surface area contributed by atoms with E-state index in [1.54, 1.807) is 0 Å². The van der Waals surface area contributed by atoms with Crippen molar-refractivity contribution in [2.45, 2.75) is 44.5 Å². The van der Waals surface area contributed by atoms with Crippen molar-refractivity contribution in [3.63, 3.8) is 0 Å². The molecule has 3 aromatic rings. The van der Waals surface area contributed by atoms with E-state index in [1.807, 2.05) is 32.9 Å². The number of rotatable bonds is 3. The van der Waals surface area contributed by atoms with Crippen molar-refractivity contribution in [1.82, 2.24) is 0 Å². The first kappa shape index (κ1) is 18.0. The molecular formula is C21H18BrO5. The molecule has 0 atom stereocenters. The Bertz CT molecular complexity index is 1210. The highest BCUT2D eigenvalue weighted by molar-refractivity contribution is 9.08. The van der Waals surface area contributed by atoms with Crippen molar-refractivity contribution in [1.29, 1.82) is 0 Å². The fourth-order valence-corrected chi connectivity index (χ4v) is 3.71. The van der Waals surface area contributed by atoms with Gasteiger partial charge in [-0.05, 0) is 38.0 Å². The molecule has 0 saturated carbocycles. The standard InChI is InChI=1S/C21H18BrO5/c1-4-5-11-8-15(24)26-20-16(11)19-13(6-7-21(2,3)27-19)18-17(20)14(23)9-12(10-22)25-18/h6-7,9H,4-5,10H2,1-3H3.